The summed E-state index contributed by atoms with van der Waals surface area (Å²) >= 11 is 0. The molecular formula is C10H21NO3S. The molecule has 5 heteroatoms. The Balaban J connectivity index is 2.36. The van der Waals surface area contributed by atoms with Crippen LogP contribution in [-0.4, -0.2) is 43.7 Å². The highest BCUT2D eigenvalue weighted by Crippen LogP contribution is 2.24. The number of aliphatic hydroxyl groups excluding tert-OH is 1. The molecule has 1 unspecified atom stereocenters. The molecule has 1 fully saturated rings. The predicted octanol–water partition coefficient (Wildman–Crippen LogP) is 0.316. The van der Waals surface area contributed by atoms with Crippen LogP contribution in [0.2, 0.25) is 0 Å². The Hall–Kier alpha value is -0.130. The molecule has 0 aliphatic carbocycles. The largest absolute Gasteiger partial charge is 0.394 e. The number of nitrogens with one attached hydrogen (secondary N) is 1. The number of aliphatic hydroxyl groups is 1. The summed E-state index contributed by atoms with van der Waals surface area (Å²) in [5, 5.41) is 12.6. The van der Waals surface area contributed by atoms with Gasteiger partial charge < -0.3 is 10.4 Å². The molecule has 90 valence electrons. The molecule has 4 nitrogen and oxygen atoms in total. The summed E-state index contributed by atoms with van der Waals surface area (Å²) in [6.07, 6.45) is 3.42. The van der Waals surface area contributed by atoms with E-state index in [1.807, 2.05) is 0 Å². The quantitative estimate of drug-likeness (QED) is 0.695. The van der Waals surface area contributed by atoms with Crippen molar-refractivity contribution in [3.63, 3.8) is 0 Å². The van der Waals surface area contributed by atoms with Crippen LogP contribution in [0.25, 0.3) is 0 Å². The Labute approximate surface area is 92.0 Å². The fourth-order valence-electron chi connectivity index (χ4n) is 2.07. The molecular weight excluding hydrogens is 214 g/mol. The topological polar surface area (TPSA) is 66.4 Å². The van der Waals surface area contributed by atoms with Gasteiger partial charge in [0, 0.05) is 11.3 Å². The van der Waals surface area contributed by atoms with E-state index in [0.29, 0.717) is 6.42 Å². The van der Waals surface area contributed by atoms with Crippen molar-refractivity contribution in [2.45, 2.75) is 38.1 Å². The smallest absolute Gasteiger partial charge is 0.150 e. The number of rotatable bonds is 6. The van der Waals surface area contributed by atoms with E-state index in [4.69, 9.17) is 0 Å². The van der Waals surface area contributed by atoms with Crippen LogP contribution in [0, 0.1) is 0 Å². The van der Waals surface area contributed by atoms with Crippen molar-refractivity contribution >= 4 is 9.84 Å². The lowest BCUT2D eigenvalue weighted by atomic mass is 9.93. The van der Waals surface area contributed by atoms with Crippen LogP contribution in [0.15, 0.2) is 0 Å². The summed E-state index contributed by atoms with van der Waals surface area (Å²) in [7, 11) is -2.86. The second-order valence-electron chi connectivity index (χ2n) is 4.31. The van der Waals surface area contributed by atoms with Gasteiger partial charge in [-0.3, -0.25) is 0 Å². The van der Waals surface area contributed by atoms with Gasteiger partial charge in [0.25, 0.3) is 0 Å². The van der Waals surface area contributed by atoms with Gasteiger partial charge in [-0.2, -0.15) is 0 Å². The zero-order valence-electron chi connectivity index (χ0n) is 9.33. The zero-order chi connectivity index (χ0) is 11.4. The molecule has 15 heavy (non-hydrogen) atoms. The standard InChI is InChI=1S/C10H21NO3S/c1-2-15(13,14)8-4-6-10(9-12)5-3-7-11-10/h11-12H,2-9H2,1H3. The molecule has 2 N–H and O–H groups in total. The molecule has 1 atom stereocenters. The molecule has 0 radical (unpaired) electrons. The van der Waals surface area contributed by atoms with Gasteiger partial charge in [-0.15, -0.1) is 0 Å². The second kappa shape index (κ2) is 5.27. The first-order chi connectivity index (χ1) is 7.04. The first-order valence-corrected chi connectivity index (χ1v) is 7.42. The van der Waals surface area contributed by atoms with Gasteiger partial charge in [0.2, 0.25) is 0 Å². The molecule has 0 aromatic carbocycles. The van der Waals surface area contributed by atoms with Crippen LogP contribution in [0.3, 0.4) is 0 Å². The van der Waals surface area contributed by atoms with E-state index in [0.717, 1.165) is 25.8 Å². The minimum absolute atomic E-state index is 0.110. The van der Waals surface area contributed by atoms with Crippen molar-refractivity contribution in [2.75, 3.05) is 24.7 Å². The molecule has 0 amide bonds. The van der Waals surface area contributed by atoms with Crippen molar-refractivity contribution in [1.82, 2.24) is 5.32 Å². The zero-order valence-corrected chi connectivity index (χ0v) is 10.1. The molecule has 0 aromatic rings. The van der Waals surface area contributed by atoms with Gasteiger partial charge in [0.05, 0.1) is 12.4 Å². The van der Waals surface area contributed by atoms with Crippen molar-refractivity contribution in [2.24, 2.45) is 0 Å². The lowest BCUT2D eigenvalue weighted by Crippen LogP contribution is -2.43. The summed E-state index contributed by atoms with van der Waals surface area (Å²) in [5.74, 6) is 0.458. The van der Waals surface area contributed by atoms with Gasteiger partial charge in [0.1, 0.15) is 9.84 Å². The minimum Gasteiger partial charge on any atom is -0.394 e. The van der Waals surface area contributed by atoms with Gasteiger partial charge in [-0.05, 0) is 32.2 Å². The maximum atomic E-state index is 11.3. The monoisotopic (exact) mass is 235 g/mol. The van der Waals surface area contributed by atoms with Crippen molar-refractivity contribution in [3.05, 3.63) is 0 Å². The van der Waals surface area contributed by atoms with Crippen LogP contribution in [0.1, 0.15) is 32.6 Å². The fourth-order valence-corrected chi connectivity index (χ4v) is 2.94. The van der Waals surface area contributed by atoms with E-state index in [9.17, 15) is 13.5 Å². The first-order valence-electron chi connectivity index (χ1n) is 5.60. The van der Waals surface area contributed by atoms with Crippen LogP contribution < -0.4 is 5.32 Å². The average Bonchev–Trinajstić information content (AvgIpc) is 2.67. The van der Waals surface area contributed by atoms with E-state index >= 15 is 0 Å². The van der Waals surface area contributed by atoms with E-state index < -0.39 is 9.84 Å². The first kappa shape index (κ1) is 12.9. The molecule has 0 aromatic heterocycles. The third-order valence-electron chi connectivity index (χ3n) is 3.19. The molecule has 0 spiro atoms. The average molecular weight is 235 g/mol. The van der Waals surface area contributed by atoms with Gasteiger partial charge in [-0.25, -0.2) is 8.42 Å². The second-order valence-corrected chi connectivity index (χ2v) is 6.78. The Kier molecular flexibility index (Phi) is 4.55. The highest BCUT2D eigenvalue weighted by molar-refractivity contribution is 7.91. The summed E-state index contributed by atoms with van der Waals surface area (Å²) in [6, 6.07) is 0. The van der Waals surface area contributed by atoms with E-state index in [2.05, 4.69) is 5.32 Å². The summed E-state index contributed by atoms with van der Waals surface area (Å²) < 4.78 is 22.6. The molecule has 1 saturated heterocycles. The maximum absolute atomic E-state index is 11.3. The van der Waals surface area contributed by atoms with Gasteiger partial charge >= 0.3 is 0 Å². The predicted molar refractivity (Wildman–Crippen MR) is 60.6 cm³/mol. The Morgan fingerprint density at radius 2 is 2.20 bits per heavy atom. The fraction of sp³-hybridized carbons (Fsp3) is 1.00. The number of hydrogen-bond donors (Lipinski definition) is 2. The Morgan fingerprint density at radius 1 is 1.47 bits per heavy atom. The Morgan fingerprint density at radius 3 is 2.67 bits per heavy atom. The van der Waals surface area contributed by atoms with Crippen molar-refractivity contribution in [1.29, 1.82) is 0 Å². The normalized spacial score (nSPS) is 27.1. The van der Waals surface area contributed by atoms with Crippen molar-refractivity contribution < 1.29 is 13.5 Å². The van der Waals surface area contributed by atoms with Crippen LogP contribution in [0.4, 0.5) is 0 Å². The highest BCUT2D eigenvalue weighted by atomic mass is 32.2. The number of sulfone groups is 1. The minimum atomic E-state index is -2.86. The van der Waals surface area contributed by atoms with E-state index in [-0.39, 0.29) is 23.7 Å². The number of hydrogen-bond acceptors (Lipinski definition) is 4. The molecule has 1 heterocycles. The highest BCUT2D eigenvalue weighted by Gasteiger charge is 2.32. The third kappa shape index (κ3) is 3.74. The van der Waals surface area contributed by atoms with Gasteiger partial charge in [0.15, 0.2) is 0 Å². The maximum Gasteiger partial charge on any atom is 0.150 e. The lowest BCUT2D eigenvalue weighted by Gasteiger charge is -2.26. The Bertz CT molecular complexity index is 281. The van der Waals surface area contributed by atoms with Crippen LogP contribution >= 0.6 is 0 Å². The van der Waals surface area contributed by atoms with Crippen LogP contribution in [0.5, 0.6) is 0 Å². The van der Waals surface area contributed by atoms with Gasteiger partial charge in [-0.1, -0.05) is 6.92 Å². The summed E-state index contributed by atoms with van der Waals surface area (Å²) in [4.78, 5) is 0. The van der Waals surface area contributed by atoms with E-state index in [1.165, 1.54) is 0 Å². The molecule has 1 aliphatic heterocycles. The van der Waals surface area contributed by atoms with E-state index in [1.54, 1.807) is 6.92 Å². The molecule has 1 rings (SSSR count). The lowest BCUT2D eigenvalue weighted by molar-refractivity contribution is 0.168. The third-order valence-corrected chi connectivity index (χ3v) is 4.98. The molecule has 0 saturated carbocycles. The van der Waals surface area contributed by atoms with Crippen LogP contribution in [-0.2, 0) is 9.84 Å². The SMILES string of the molecule is CCS(=O)(=O)CCCC1(CO)CCCN1. The summed E-state index contributed by atoms with van der Waals surface area (Å²) in [6.45, 7) is 2.71. The molecule has 0 bridgehead atoms. The summed E-state index contributed by atoms with van der Waals surface area (Å²) in [5.41, 5.74) is -0.205. The molecule has 1 aliphatic rings. The van der Waals surface area contributed by atoms with Crippen molar-refractivity contribution in [3.8, 4) is 0 Å².